The minimum Gasteiger partial charge on any atom is -0.465 e. The molecule has 2 aromatic heterocycles. The van der Waals surface area contributed by atoms with Gasteiger partial charge in [0.05, 0.1) is 18.8 Å². The molecule has 0 unspecified atom stereocenters. The summed E-state index contributed by atoms with van der Waals surface area (Å²) >= 11 is 0. The summed E-state index contributed by atoms with van der Waals surface area (Å²) in [6.07, 6.45) is 2.61. The first-order valence-electron chi connectivity index (χ1n) is 6.94. The molecular formula is C15H21N3O. The summed E-state index contributed by atoms with van der Waals surface area (Å²) in [5.74, 6) is 2.03. The van der Waals surface area contributed by atoms with Crippen LogP contribution in [0, 0.1) is 20.8 Å². The number of hydrogen-bond donors (Lipinski definition) is 1. The highest BCUT2D eigenvalue weighted by atomic mass is 16.3. The van der Waals surface area contributed by atoms with Crippen LogP contribution in [0.1, 0.15) is 41.3 Å². The first-order chi connectivity index (χ1) is 9.11. The number of aromatic nitrogens is 2. The Bertz CT molecular complexity index is 578. The van der Waals surface area contributed by atoms with Gasteiger partial charge in [0.2, 0.25) is 0 Å². The number of nitrogens with one attached hydrogen (secondary N) is 1. The SMILES string of the molecule is Cc1cc(C)n(Cc2cc(CNC3CC3)oc2C)n1. The van der Waals surface area contributed by atoms with Crippen LogP contribution in [0.25, 0.3) is 0 Å². The van der Waals surface area contributed by atoms with E-state index in [2.05, 4.69) is 29.5 Å². The molecule has 0 atom stereocenters. The maximum absolute atomic E-state index is 5.81. The van der Waals surface area contributed by atoms with Crippen molar-refractivity contribution in [3.8, 4) is 0 Å². The molecule has 1 saturated carbocycles. The minimum atomic E-state index is 0.713. The predicted octanol–water partition coefficient (Wildman–Crippen LogP) is 2.70. The molecule has 2 heterocycles. The summed E-state index contributed by atoms with van der Waals surface area (Å²) in [5.41, 5.74) is 3.48. The summed E-state index contributed by atoms with van der Waals surface area (Å²) < 4.78 is 7.84. The van der Waals surface area contributed by atoms with Gasteiger partial charge in [0.15, 0.2) is 0 Å². The Hall–Kier alpha value is -1.55. The Labute approximate surface area is 113 Å². The van der Waals surface area contributed by atoms with Gasteiger partial charge in [-0.3, -0.25) is 4.68 Å². The Morgan fingerprint density at radius 1 is 1.32 bits per heavy atom. The highest BCUT2D eigenvalue weighted by Gasteiger charge is 2.21. The van der Waals surface area contributed by atoms with Crippen LogP contribution in [-0.4, -0.2) is 15.8 Å². The topological polar surface area (TPSA) is 43.0 Å². The molecule has 1 aliphatic carbocycles. The van der Waals surface area contributed by atoms with Crippen LogP contribution in [-0.2, 0) is 13.1 Å². The second-order valence-electron chi connectivity index (χ2n) is 5.53. The zero-order valence-corrected chi connectivity index (χ0v) is 11.9. The third-order valence-electron chi connectivity index (χ3n) is 3.64. The molecule has 1 fully saturated rings. The van der Waals surface area contributed by atoms with Gasteiger partial charge in [0.25, 0.3) is 0 Å². The molecular weight excluding hydrogens is 238 g/mol. The number of hydrogen-bond acceptors (Lipinski definition) is 3. The molecule has 0 aromatic carbocycles. The molecule has 0 amide bonds. The quantitative estimate of drug-likeness (QED) is 0.897. The van der Waals surface area contributed by atoms with Gasteiger partial charge in [0, 0.05) is 17.3 Å². The van der Waals surface area contributed by atoms with E-state index in [1.54, 1.807) is 0 Å². The molecule has 0 spiro atoms. The Morgan fingerprint density at radius 3 is 2.74 bits per heavy atom. The summed E-state index contributed by atoms with van der Waals surface area (Å²) in [6.45, 7) is 7.77. The lowest BCUT2D eigenvalue weighted by Crippen LogP contribution is -2.14. The monoisotopic (exact) mass is 259 g/mol. The van der Waals surface area contributed by atoms with Gasteiger partial charge in [-0.1, -0.05) is 0 Å². The van der Waals surface area contributed by atoms with E-state index in [9.17, 15) is 0 Å². The summed E-state index contributed by atoms with van der Waals surface area (Å²) in [7, 11) is 0. The van der Waals surface area contributed by atoms with Gasteiger partial charge in [-0.25, -0.2) is 0 Å². The first kappa shape index (κ1) is 12.5. The summed E-state index contributed by atoms with van der Waals surface area (Å²) in [4.78, 5) is 0. The standard InChI is InChI=1S/C15H21N3O/c1-10-6-11(2)18(17-10)9-13-7-15(19-12(13)3)8-16-14-4-5-14/h6-7,14,16H,4-5,8-9H2,1-3H3. The molecule has 0 aliphatic heterocycles. The van der Waals surface area contributed by atoms with Crippen LogP contribution in [0.4, 0.5) is 0 Å². The van der Waals surface area contributed by atoms with E-state index in [1.165, 1.54) is 24.1 Å². The van der Waals surface area contributed by atoms with Gasteiger partial charge in [-0.2, -0.15) is 5.10 Å². The van der Waals surface area contributed by atoms with E-state index >= 15 is 0 Å². The number of furan rings is 1. The second-order valence-corrected chi connectivity index (χ2v) is 5.53. The van der Waals surface area contributed by atoms with Crippen molar-refractivity contribution in [1.29, 1.82) is 0 Å². The molecule has 0 radical (unpaired) electrons. The van der Waals surface area contributed by atoms with Crippen LogP contribution in [0.15, 0.2) is 16.5 Å². The van der Waals surface area contributed by atoms with Gasteiger partial charge >= 0.3 is 0 Å². The number of rotatable bonds is 5. The molecule has 2 aromatic rings. The van der Waals surface area contributed by atoms with Crippen LogP contribution in [0.2, 0.25) is 0 Å². The molecule has 4 heteroatoms. The van der Waals surface area contributed by atoms with Crippen molar-refractivity contribution in [3.63, 3.8) is 0 Å². The number of aryl methyl sites for hydroxylation is 3. The third kappa shape index (κ3) is 2.89. The zero-order chi connectivity index (χ0) is 13.4. The average Bonchev–Trinajstić information content (AvgIpc) is 3.04. The smallest absolute Gasteiger partial charge is 0.118 e. The fourth-order valence-corrected chi connectivity index (χ4v) is 2.36. The summed E-state index contributed by atoms with van der Waals surface area (Å²) in [5, 5.41) is 7.98. The molecule has 19 heavy (non-hydrogen) atoms. The van der Waals surface area contributed by atoms with Gasteiger partial charge < -0.3 is 9.73 Å². The van der Waals surface area contributed by atoms with E-state index in [1.807, 2.05) is 18.5 Å². The van der Waals surface area contributed by atoms with E-state index in [0.717, 1.165) is 30.3 Å². The van der Waals surface area contributed by atoms with Crippen LogP contribution < -0.4 is 5.32 Å². The van der Waals surface area contributed by atoms with Gasteiger partial charge in [-0.15, -0.1) is 0 Å². The molecule has 0 saturated heterocycles. The van der Waals surface area contributed by atoms with Crippen LogP contribution >= 0.6 is 0 Å². The van der Waals surface area contributed by atoms with E-state index in [0.29, 0.717) is 6.04 Å². The normalized spacial score (nSPS) is 15.1. The first-order valence-corrected chi connectivity index (χ1v) is 6.94. The molecule has 4 nitrogen and oxygen atoms in total. The van der Waals surface area contributed by atoms with Crippen molar-refractivity contribution in [2.45, 2.75) is 52.7 Å². The zero-order valence-electron chi connectivity index (χ0n) is 11.9. The maximum Gasteiger partial charge on any atom is 0.118 e. The fraction of sp³-hybridized carbons (Fsp3) is 0.533. The number of nitrogens with zero attached hydrogens (tertiary/aromatic N) is 2. The van der Waals surface area contributed by atoms with Gasteiger partial charge in [-0.05, 0) is 45.7 Å². The fourth-order valence-electron chi connectivity index (χ4n) is 2.36. The summed E-state index contributed by atoms with van der Waals surface area (Å²) in [6, 6.07) is 4.97. The third-order valence-corrected chi connectivity index (χ3v) is 3.64. The highest BCUT2D eigenvalue weighted by Crippen LogP contribution is 2.21. The van der Waals surface area contributed by atoms with Crippen LogP contribution in [0.5, 0.6) is 0 Å². The molecule has 1 N–H and O–H groups in total. The highest BCUT2D eigenvalue weighted by molar-refractivity contribution is 5.22. The van der Waals surface area contributed by atoms with Crippen molar-refractivity contribution in [3.05, 3.63) is 40.6 Å². The van der Waals surface area contributed by atoms with Gasteiger partial charge in [0.1, 0.15) is 11.5 Å². The minimum absolute atomic E-state index is 0.713. The molecule has 102 valence electrons. The lowest BCUT2D eigenvalue weighted by molar-refractivity contribution is 0.457. The molecule has 3 rings (SSSR count). The van der Waals surface area contributed by atoms with E-state index in [4.69, 9.17) is 4.42 Å². The lowest BCUT2D eigenvalue weighted by atomic mass is 10.2. The van der Waals surface area contributed by atoms with Crippen molar-refractivity contribution in [2.75, 3.05) is 0 Å². The molecule has 0 bridgehead atoms. The second kappa shape index (κ2) is 4.85. The van der Waals surface area contributed by atoms with E-state index < -0.39 is 0 Å². The van der Waals surface area contributed by atoms with Crippen molar-refractivity contribution < 1.29 is 4.42 Å². The van der Waals surface area contributed by atoms with Crippen molar-refractivity contribution >= 4 is 0 Å². The maximum atomic E-state index is 5.81. The van der Waals surface area contributed by atoms with Crippen molar-refractivity contribution in [1.82, 2.24) is 15.1 Å². The lowest BCUT2D eigenvalue weighted by Gasteiger charge is -2.02. The predicted molar refractivity (Wildman–Crippen MR) is 74.1 cm³/mol. The Balaban J connectivity index is 1.71. The average molecular weight is 259 g/mol. The Morgan fingerprint density at radius 2 is 2.11 bits per heavy atom. The van der Waals surface area contributed by atoms with Crippen molar-refractivity contribution in [2.24, 2.45) is 0 Å². The Kier molecular flexibility index (Phi) is 3.19. The van der Waals surface area contributed by atoms with E-state index in [-0.39, 0.29) is 0 Å². The molecule has 1 aliphatic rings. The largest absolute Gasteiger partial charge is 0.465 e. The van der Waals surface area contributed by atoms with Crippen LogP contribution in [0.3, 0.4) is 0 Å².